The van der Waals surface area contributed by atoms with E-state index >= 15 is 0 Å². The lowest BCUT2D eigenvalue weighted by atomic mass is 9.94. The fourth-order valence-corrected chi connectivity index (χ4v) is 3.68. The standard InChI is InChI=1S/C24H14FN3O5/c25-19-4-2-1-3-18(19)21-20(22(29)15-7-11-17(12-8-15)28(32)33)23(30)24(31)27(21)16-9-5-14(13-26)6-10-16/h1-12,21,29H/b22-20+. The van der Waals surface area contributed by atoms with Crippen molar-refractivity contribution in [2.24, 2.45) is 0 Å². The van der Waals surface area contributed by atoms with Crippen molar-refractivity contribution < 1.29 is 24.0 Å². The number of nitro benzene ring substituents is 1. The molecule has 1 aliphatic heterocycles. The van der Waals surface area contributed by atoms with Gasteiger partial charge in [0, 0.05) is 28.9 Å². The molecule has 1 atom stereocenters. The Bertz CT molecular complexity index is 1360. The molecule has 1 aliphatic rings. The van der Waals surface area contributed by atoms with E-state index in [0.29, 0.717) is 5.56 Å². The number of carbonyl (C=O) groups excluding carboxylic acids is 2. The molecular formula is C24H14FN3O5. The maximum Gasteiger partial charge on any atom is 0.300 e. The van der Waals surface area contributed by atoms with Crippen molar-refractivity contribution >= 4 is 28.8 Å². The summed E-state index contributed by atoms with van der Waals surface area (Å²) in [4.78, 5) is 37.4. The van der Waals surface area contributed by atoms with Crippen LogP contribution in [0.25, 0.3) is 5.76 Å². The van der Waals surface area contributed by atoms with E-state index in [0.717, 1.165) is 17.0 Å². The molecule has 3 aromatic carbocycles. The Balaban J connectivity index is 1.93. The number of non-ortho nitro benzene ring substituents is 1. The molecule has 1 heterocycles. The van der Waals surface area contributed by atoms with Crippen molar-refractivity contribution in [2.45, 2.75) is 6.04 Å². The Kier molecular flexibility index (Phi) is 5.42. The first kappa shape index (κ1) is 21.4. The molecule has 1 saturated heterocycles. The number of halogens is 1. The summed E-state index contributed by atoms with van der Waals surface area (Å²) in [6.07, 6.45) is 0. The molecule has 9 heteroatoms. The normalized spacial score (nSPS) is 17.1. The van der Waals surface area contributed by atoms with E-state index in [1.54, 1.807) is 0 Å². The van der Waals surface area contributed by atoms with Crippen LogP contribution in [0.3, 0.4) is 0 Å². The molecule has 162 valence electrons. The summed E-state index contributed by atoms with van der Waals surface area (Å²) in [5.41, 5.74) is -0.00130. The van der Waals surface area contributed by atoms with Gasteiger partial charge in [-0.2, -0.15) is 5.26 Å². The topological polar surface area (TPSA) is 125 Å². The number of amides is 1. The van der Waals surface area contributed by atoms with E-state index in [1.807, 2.05) is 6.07 Å². The zero-order valence-corrected chi connectivity index (χ0v) is 16.8. The van der Waals surface area contributed by atoms with Crippen LogP contribution in [-0.4, -0.2) is 21.7 Å². The second-order valence-corrected chi connectivity index (χ2v) is 7.15. The number of rotatable bonds is 4. The van der Waals surface area contributed by atoms with Gasteiger partial charge in [-0.25, -0.2) is 4.39 Å². The fraction of sp³-hybridized carbons (Fsp3) is 0.0417. The van der Waals surface area contributed by atoms with E-state index < -0.39 is 34.2 Å². The van der Waals surface area contributed by atoms with Crippen molar-refractivity contribution in [3.8, 4) is 6.07 Å². The Morgan fingerprint density at radius 2 is 1.67 bits per heavy atom. The lowest BCUT2D eigenvalue weighted by Gasteiger charge is -2.25. The Morgan fingerprint density at radius 3 is 2.24 bits per heavy atom. The summed E-state index contributed by atoms with van der Waals surface area (Å²) in [6, 6.07) is 16.7. The Hall–Kier alpha value is -4.84. The molecule has 33 heavy (non-hydrogen) atoms. The van der Waals surface area contributed by atoms with Gasteiger partial charge >= 0.3 is 0 Å². The molecule has 4 rings (SSSR count). The summed E-state index contributed by atoms with van der Waals surface area (Å²) < 4.78 is 14.8. The number of hydrogen-bond donors (Lipinski definition) is 1. The highest BCUT2D eigenvalue weighted by Crippen LogP contribution is 2.43. The number of aliphatic hydroxyl groups is 1. The number of ketones is 1. The van der Waals surface area contributed by atoms with Gasteiger partial charge in [-0.15, -0.1) is 0 Å². The van der Waals surface area contributed by atoms with Crippen molar-refractivity contribution in [2.75, 3.05) is 4.90 Å². The highest BCUT2D eigenvalue weighted by molar-refractivity contribution is 6.51. The van der Waals surface area contributed by atoms with Gasteiger partial charge in [0.05, 0.1) is 28.2 Å². The summed E-state index contributed by atoms with van der Waals surface area (Å²) in [5, 5.41) is 30.9. The molecule has 3 aromatic rings. The summed E-state index contributed by atoms with van der Waals surface area (Å²) in [6.45, 7) is 0. The van der Waals surface area contributed by atoms with Gasteiger partial charge in [0.15, 0.2) is 0 Å². The number of hydrogen-bond acceptors (Lipinski definition) is 6. The average molecular weight is 443 g/mol. The van der Waals surface area contributed by atoms with Gasteiger partial charge < -0.3 is 5.11 Å². The van der Waals surface area contributed by atoms with E-state index in [1.165, 1.54) is 60.7 Å². The van der Waals surface area contributed by atoms with Crippen molar-refractivity contribution in [1.29, 1.82) is 5.26 Å². The monoisotopic (exact) mass is 443 g/mol. The minimum absolute atomic E-state index is 0.0236. The molecular weight excluding hydrogens is 429 g/mol. The first-order chi connectivity index (χ1) is 15.8. The first-order valence-electron chi connectivity index (χ1n) is 9.64. The molecule has 0 aliphatic carbocycles. The number of carbonyl (C=O) groups is 2. The van der Waals surface area contributed by atoms with Crippen LogP contribution in [0, 0.1) is 27.3 Å². The highest BCUT2D eigenvalue weighted by Gasteiger charge is 2.47. The second kappa shape index (κ2) is 8.36. The Morgan fingerprint density at radius 1 is 1.03 bits per heavy atom. The molecule has 8 nitrogen and oxygen atoms in total. The largest absolute Gasteiger partial charge is 0.507 e. The predicted molar refractivity (Wildman–Crippen MR) is 115 cm³/mol. The smallest absolute Gasteiger partial charge is 0.300 e. The molecule has 1 fully saturated rings. The van der Waals surface area contributed by atoms with Crippen LogP contribution in [-0.2, 0) is 9.59 Å². The van der Waals surface area contributed by atoms with Gasteiger partial charge in [0.2, 0.25) is 0 Å². The maximum absolute atomic E-state index is 14.8. The van der Waals surface area contributed by atoms with Gasteiger partial charge in [0.1, 0.15) is 11.6 Å². The molecule has 1 N–H and O–H groups in total. The summed E-state index contributed by atoms with van der Waals surface area (Å²) in [7, 11) is 0. The quantitative estimate of drug-likeness (QED) is 0.212. The maximum atomic E-state index is 14.8. The number of nitrogens with zero attached hydrogens (tertiary/aromatic N) is 3. The van der Waals surface area contributed by atoms with Crippen LogP contribution < -0.4 is 4.90 Å². The third-order valence-corrected chi connectivity index (χ3v) is 5.27. The fourth-order valence-electron chi connectivity index (χ4n) is 3.68. The zero-order valence-electron chi connectivity index (χ0n) is 16.8. The van der Waals surface area contributed by atoms with Gasteiger partial charge in [0.25, 0.3) is 17.4 Å². The number of nitro groups is 1. The van der Waals surface area contributed by atoms with Crippen LogP contribution in [0.5, 0.6) is 0 Å². The van der Waals surface area contributed by atoms with E-state index in [9.17, 15) is 29.2 Å². The highest BCUT2D eigenvalue weighted by atomic mass is 19.1. The van der Waals surface area contributed by atoms with Crippen LogP contribution >= 0.6 is 0 Å². The van der Waals surface area contributed by atoms with Gasteiger partial charge in [-0.3, -0.25) is 24.6 Å². The number of benzene rings is 3. The van der Waals surface area contributed by atoms with Gasteiger partial charge in [-0.05, 0) is 42.5 Å². The van der Waals surface area contributed by atoms with Gasteiger partial charge in [-0.1, -0.05) is 18.2 Å². The zero-order chi connectivity index (χ0) is 23.7. The lowest BCUT2D eigenvalue weighted by Crippen LogP contribution is -2.29. The Labute approximate surface area is 186 Å². The number of anilines is 1. The number of nitriles is 1. The van der Waals surface area contributed by atoms with E-state index in [-0.39, 0.29) is 28.1 Å². The first-order valence-corrected chi connectivity index (χ1v) is 9.64. The van der Waals surface area contributed by atoms with Crippen molar-refractivity contribution in [3.05, 3.63) is 111 Å². The number of aliphatic hydroxyl groups excluding tert-OH is 1. The van der Waals surface area contributed by atoms with E-state index in [4.69, 9.17) is 5.26 Å². The summed E-state index contributed by atoms with van der Waals surface area (Å²) >= 11 is 0. The van der Waals surface area contributed by atoms with Crippen molar-refractivity contribution in [1.82, 2.24) is 0 Å². The van der Waals surface area contributed by atoms with Crippen LogP contribution in [0.4, 0.5) is 15.8 Å². The molecule has 1 amide bonds. The SMILES string of the molecule is N#Cc1ccc(N2C(=O)C(=O)/C(=C(/O)c3ccc([N+](=O)[O-])cc3)C2c2ccccc2F)cc1. The molecule has 0 saturated carbocycles. The molecule has 1 unspecified atom stereocenters. The third kappa shape index (κ3) is 3.70. The molecule has 0 bridgehead atoms. The molecule has 0 radical (unpaired) electrons. The summed E-state index contributed by atoms with van der Waals surface area (Å²) in [5.74, 6) is -3.31. The minimum Gasteiger partial charge on any atom is -0.507 e. The van der Waals surface area contributed by atoms with Crippen LogP contribution in [0.2, 0.25) is 0 Å². The lowest BCUT2D eigenvalue weighted by molar-refractivity contribution is -0.384. The molecule has 0 spiro atoms. The van der Waals surface area contributed by atoms with Crippen LogP contribution in [0.1, 0.15) is 22.7 Å². The third-order valence-electron chi connectivity index (χ3n) is 5.27. The molecule has 0 aromatic heterocycles. The van der Waals surface area contributed by atoms with Crippen molar-refractivity contribution in [3.63, 3.8) is 0 Å². The van der Waals surface area contributed by atoms with E-state index in [2.05, 4.69) is 0 Å². The second-order valence-electron chi connectivity index (χ2n) is 7.15. The van der Waals surface area contributed by atoms with Crippen LogP contribution in [0.15, 0.2) is 78.4 Å². The minimum atomic E-state index is -1.30. The predicted octanol–water partition coefficient (Wildman–Crippen LogP) is 4.23. The number of Topliss-reactive ketones (excluding diaryl/α,β-unsaturated/α-hetero) is 1. The average Bonchev–Trinajstić information content (AvgIpc) is 3.09.